The normalized spacial score (nSPS) is 10.5. The molecule has 0 bridgehead atoms. The van der Waals surface area contributed by atoms with Crippen molar-refractivity contribution in [3.05, 3.63) is 47.9 Å². The monoisotopic (exact) mass is 261 g/mol. The molecule has 0 radical (unpaired) electrons. The molecule has 0 N–H and O–H groups in total. The maximum absolute atomic E-state index is 13.8. The molecular weight excluding hydrogens is 245 g/mol. The van der Waals surface area contributed by atoms with Crippen LogP contribution < -0.4 is 0 Å². The molecule has 0 aliphatic rings. The molecule has 0 saturated heterocycles. The maximum atomic E-state index is 13.8. The van der Waals surface area contributed by atoms with Crippen LogP contribution in [-0.2, 0) is 16.1 Å². The second-order valence-corrected chi connectivity index (χ2v) is 4.23. The quantitative estimate of drug-likeness (QED) is 0.792. The van der Waals surface area contributed by atoms with Crippen molar-refractivity contribution >= 4 is 5.97 Å². The average Bonchev–Trinajstić information content (AvgIpc) is 2.72. The van der Waals surface area contributed by atoms with Gasteiger partial charge in [0, 0.05) is 11.3 Å². The van der Waals surface area contributed by atoms with Gasteiger partial charge in [-0.05, 0) is 38.1 Å². The zero-order valence-corrected chi connectivity index (χ0v) is 11.0. The summed E-state index contributed by atoms with van der Waals surface area (Å²) in [6, 6.07) is 10.2. The standard InChI is InChI=1S/C15H16FNO2/c1-3-19-15(18)10-17-11(2)8-9-14(17)12-6-4-5-7-13(12)16/h4-9H,3,10H2,1-2H3. The van der Waals surface area contributed by atoms with Crippen LogP contribution in [0.4, 0.5) is 4.39 Å². The van der Waals surface area contributed by atoms with Crippen LogP contribution in [0.1, 0.15) is 12.6 Å². The Bertz CT molecular complexity index is 590. The number of halogens is 1. The summed E-state index contributed by atoms with van der Waals surface area (Å²) in [5, 5.41) is 0. The van der Waals surface area contributed by atoms with Crippen molar-refractivity contribution in [3.63, 3.8) is 0 Å². The van der Waals surface area contributed by atoms with Crippen LogP contribution in [-0.4, -0.2) is 17.1 Å². The summed E-state index contributed by atoms with van der Waals surface area (Å²) in [7, 11) is 0. The molecule has 0 amide bonds. The Labute approximate surface area is 111 Å². The minimum Gasteiger partial charge on any atom is -0.465 e. The van der Waals surface area contributed by atoms with Crippen LogP contribution in [0.2, 0.25) is 0 Å². The molecule has 2 rings (SSSR count). The largest absolute Gasteiger partial charge is 0.465 e. The summed E-state index contributed by atoms with van der Waals surface area (Å²) >= 11 is 0. The van der Waals surface area contributed by atoms with E-state index < -0.39 is 0 Å². The van der Waals surface area contributed by atoms with E-state index in [1.807, 2.05) is 19.1 Å². The smallest absolute Gasteiger partial charge is 0.325 e. The number of hydrogen-bond donors (Lipinski definition) is 0. The van der Waals surface area contributed by atoms with Gasteiger partial charge in [-0.3, -0.25) is 4.79 Å². The molecule has 19 heavy (non-hydrogen) atoms. The minimum absolute atomic E-state index is 0.0936. The number of aromatic nitrogens is 1. The van der Waals surface area contributed by atoms with E-state index in [0.29, 0.717) is 17.9 Å². The van der Waals surface area contributed by atoms with Gasteiger partial charge in [0.15, 0.2) is 0 Å². The van der Waals surface area contributed by atoms with Gasteiger partial charge < -0.3 is 9.30 Å². The highest BCUT2D eigenvalue weighted by molar-refractivity contribution is 5.71. The number of esters is 1. The van der Waals surface area contributed by atoms with E-state index in [-0.39, 0.29) is 18.3 Å². The second kappa shape index (κ2) is 5.69. The summed E-state index contributed by atoms with van der Waals surface area (Å²) in [4.78, 5) is 11.6. The van der Waals surface area contributed by atoms with E-state index in [9.17, 15) is 9.18 Å². The van der Waals surface area contributed by atoms with E-state index >= 15 is 0 Å². The summed E-state index contributed by atoms with van der Waals surface area (Å²) in [6.45, 7) is 4.08. The van der Waals surface area contributed by atoms with E-state index in [2.05, 4.69) is 0 Å². The lowest BCUT2D eigenvalue weighted by Crippen LogP contribution is -2.15. The molecule has 0 aliphatic heterocycles. The SMILES string of the molecule is CCOC(=O)Cn1c(C)ccc1-c1ccccc1F. The lowest BCUT2D eigenvalue weighted by atomic mass is 10.1. The van der Waals surface area contributed by atoms with Gasteiger partial charge in [-0.1, -0.05) is 12.1 Å². The summed E-state index contributed by atoms with van der Waals surface area (Å²) < 4.78 is 20.5. The van der Waals surface area contributed by atoms with Gasteiger partial charge in [0.25, 0.3) is 0 Å². The molecule has 4 heteroatoms. The van der Waals surface area contributed by atoms with Gasteiger partial charge in [0.1, 0.15) is 12.4 Å². The Hall–Kier alpha value is -2.10. The number of hydrogen-bond acceptors (Lipinski definition) is 2. The molecule has 1 aromatic heterocycles. The molecule has 0 aliphatic carbocycles. The van der Waals surface area contributed by atoms with Crippen LogP contribution in [0.25, 0.3) is 11.3 Å². The first kappa shape index (κ1) is 13.3. The lowest BCUT2D eigenvalue weighted by molar-refractivity contribution is -0.143. The molecule has 0 fully saturated rings. The molecule has 100 valence electrons. The number of aryl methyl sites for hydroxylation is 1. The van der Waals surface area contributed by atoms with Crippen LogP contribution in [0.3, 0.4) is 0 Å². The van der Waals surface area contributed by atoms with Crippen LogP contribution in [0, 0.1) is 12.7 Å². The molecule has 3 nitrogen and oxygen atoms in total. The highest BCUT2D eigenvalue weighted by Crippen LogP contribution is 2.25. The van der Waals surface area contributed by atoms with Crippen molar-refractivity contribution in [2.45, 2.75) is 20.4 Å². The van der Waals surface area contributed by atoms with Crippen molar-refractivity contribution in [1.29, 1.82) is 0 Å². The fraction of sp³-hybridized carbons (Fsp3) is 0.267. The zero-order chi connectivity index (χ0) is 13.8. The Morgan fingerprint density at radius 1 is 1.26 bits per heavy atom. The number of rotatable bonds is 4. The molecule has 0 spiro atoms. The maximum Gasteiger partial charge on any atom is 0.325 e. The summed E-state index contributed by atoms with van der Waals surface area (Å²) in [5.74, 6) is -0.620. The van der Waals surface area contributed by atoms with Gasteiger partial charge in [-0.25, -0.2) is 4.39 Å². The third-order valence-electron chi connectivity index (χ3n) is 2.94. The number of ether oxygens (including phenoxy) is 1. The lowest BCUT2D eigenvalue weighted by Gasteiger charge is -2.11. The third kappa shape index (κ3) is 2.84. The Morgan fingerprint density at radius 3 is 2.68 bits per heavy atom. The number of benzene rings is 1. The predicted octanol–water partition coefficient (Wildman–Crippen LogP) is 3.17. The highest BCUT2D eigenvalue weighted by atomic mass is 19.1. The van der Waals surface area contributed by atoms with E-state index in [1.165, 1.54) is 6.07 Å². The van der Waals surface area contributed by atoms with Crippen LogP contribution in [0.5, 0.6) is 0 Å². The van der Waals surface area contributed by atoms with Crippen LogP contribution >= 0.6 is 0 Å². The first-order chi connectivity index (χ1) is 9.13. The van der Waals surface area contributed by atoms with Crippen molar-refractivity contribution in [2.75, 3.05) is 6.61 Å². The van der Waals surface area contributed by atoms with E-state index in [0.717, 1.165) is 5.69 Å². The number of carbonyl (C=O) groups excluding carboxylic acids is 1. The third-order valence-corrected chi connectivity index (χ3v) is 2.94. The minimum atomic E-state index is -0.320. The first-order valence-electron chi connectivity index (χ1n) is 6.20. The summed E-state index contributed by atoms with van der Waals surface area (Å²) in [6.07, 6.45) is 0. The molecule has 0 atom stereocenters. The predicted molar refractivity (Wildman–Crippen MR) is 71.2 cm³/mol. The van der Waals surface area contributed by atoms with Crippen LogP contribution in [0.15, 0.2) is 36.4 Å². The Balaban J connectivity index is 2.38. The topological polar surface area (TPSA) is 31.2 Å². The fourth-order valence-corrected chi connectivity index (χ4v) is 2.02. The van der Waals surface area contributed by atoms with Gasteiger partial charge in [0.2, 0.25) is 0 Å². The molecule has 1 heterocycles. The Morgan fingerprint density at radius 2 is 2.00 bits per heavy atom. The van der Waals surface area contributed by atoms with E-state index in [4.69, 9.17) is 4.74 Å². The van der Waals surface area contributed by atoms with Crippen molar-refractivity contribution in [3.8, 4) is 11.3 Å². The highest BCUT2D eigenvalue weighted by Gasteiger charge is 2.14. The van der Waals surface area contributed by atoms with Gasteiger partial charge in [-0.15, -0.1) is 0 Å². The summed E-state index contributed by atoms with van der Waals surface area (Å²) in [5.41, 5.74) is 2.06. The Kier molecular flexibility index (Phi) is 4.00. The van der Waals surface area contributed by atoms with Crippen molar-refractivity contribution < 1.29 is 13.9 Å². The average molecular weight is 261 g/mol. The number of nitrogens with zero attached hydrogens (tertiary/aromatic N) is 1. The molecule has 2 aromatic rings. The first-order valence-corrected chi connectivity index (χ1v) is 6.20. The molecular formula is C15H16FNO2. The van der Waals surface area contributed by atoms with Gasteiger partial charge in [-0.2, -0.15) is 0 Å². The van der Waals surface area contributed by atoms with Gasteiger partial charge >= 0.3 is 5.97 Å². The van der Waals surface area contributed by atoms with Crippen molar-refractivity contribution in [2.24, 2.45) is 0 Å². The molecule has 0 saturated carbocycles. The van der Waals surface area contributed by atoms with Gasteiger partial charge in [0.05, 0.1) is 12.3 Å². The van der Waals surface area contributed by atoms with Crippen molar-refractivity contribution in [1.82, 2.24) is 4.57 Å². The number of carbonyl (C=O) groups is 1. The molecule has 1 aromatic carbocycles. The van der Waals surface area contributed by atoms with E-state index in [1.54, 1.807) is 29.7 Å². The zero-order valence-electron chi connectivity index (χ0n) is 11.0. The fourth-order valence-electron chi connectivity index (χ4n) is 2.02. The molecule has 0 unspecified atom stereocenters. The second-order valence-electron chi connectivity index (χ2n) is 4.23.